The monoisotopic (exact) mass is 329 g/mol. The van der Waals surface area contributed by atoms with Crippen LogP contribution < -0.4 is 18.9 Å². The van der Waals surface area contributed by atoms with E-state index in [1.165, 1.54) is 0 Å². The molecule has 6 heteroatoms. The molecule has 24 heavy (non-hydrogen) atoms. The predicted molar refractivity (Wildman–Crippen MR) is 87.5 cm³/mol. The topological polar surface area (TPSA) is 57.2 Å². The summed E-state index contributed by atoms with van der Waals surface area (Å²) in [6.07, 6.45) is 0. The minimum absolute atomic E-state index is 0.0503. The van der Waals surface area contributed by atoms with Crippen LogP contribution in [0.15, 0.2) is 42.5 Å². The molecule has 0 bridgehead atoms. The number of methoxy groups -OCH3 is 1. The molecule has 1 aliphatic heterocycles. The molecule has 0 saturated carbocycles. The Morgan fingerprint density at radius 2 is 1.96 bits per heavy atom. The fourth-order valence-corrected chi connectivity index (χ4v) is 2.40. The second kappa shape index (κ2) is 7.12. The summed E-state index contributed by atoms with van der Waals surface area (Å²) in [4.78, 5) is 13.9. The van der Waals surface area contributed by atoms with E-state index in [0.29, 0.717) is 23.8 Å². The van der Waals surface area contributed by atoms with Crippen LogP contribution in [0.1, 0.15) is 5.56 Å². The minimum atomic E-state index is -0.126. The van der Waals surface area contributed by atoms with Gasteiger partial charge in [-0.05, 0) is 18.2 Å². The third-order valence-corrected chi connectivity index (χ3v) is 3.73. The fraction of sp³-hybridized carbons (Fsp3) is 0.278. The smallest absolute Gasteiger partial charge is 0.260 e. The Hall–Kier alpha value is -2.89. The van der Waals surface area contributed by atoms with Crippen LogP contribution in [0.2, 0.25) is 0 Å². The van der Waals surface area contributed by atoms with Crippen LogP contribution in [0.3, 0.4) is 0 Å². The van der Waals surface area contributed by atoms with Crippen LogP contribution in [0.5, 0.6) is 23.0 Å². The number of fused-ring (bicyclic) bond motifs is 1. The van der Waals surface area contributed by atoms with Gasteiger partial charge in [-0.2, -0.15) is 0 Å². The van der Waals surface area contributed by atoms with Crippen molar-refractivity contribution in [1.82, 2.24) is 4.90 Å². The summed E-state index contributed by atoms with van der Waals surface area (Å²) in [7, 11) is 3.35. The van der Waals surface area contributed by atoms with Gasteiger partial charge in [0, 0.05) is 25.2 Å². The average molecular weight is 329 g/mol. The van der Waals surface area contributed by atoms with Crippen LogP contribution in [0, 0.1) is 0 Å². The van der Waals surface area contributed by atoms with E-state index in [9.17, 15) is 4.79 Å². The molecular formula is C18H19NO5. The predicted octanol–water partition coefficient (Wildman–Crippen LogP) is 2.46. The first-order chi connectivity index (χ1) is 11.7. The molecule has 2 aromatic rings. The Bertz CT molecular complexity index is 731. The number of ether oxygens (including phenoxy) is 4. The highest BCUT2D eigenvalue weighted by Crippen LogP contribution is 2.35. The molecule has 0 atom stereocenters. The zero-order chi connectivity index (χ0) is 16.9. The average Bonchev–Trinajstić information content (AvgIpc) is 3.07. The van der Waals surface area contributed by atoms with Crippen LogP contribution in [-0.2, 0) is 11.3 Å². The lowest BCUT2D eigenvalue weighted by Crippen LogP contribution is -2.31. The standard InChI is InChI=1S/C18H19NO5/c1-19(10-13-5-3-4-6-15(13)21-2)18(20)11-22-14-7-8-16-17(9-14)24-12-23-16/h3-9H,10-12H2,1-2H3. The van der Waals surface area contributed by atoms with Crippen molar-refractivity contribution in [3.63, 3.8) is 0 Å². The SMILES string of the molecule is COc1ccccc1CN(C)C(=O)COc1ccc2c(c1)OCO2. The molecule has 2 aromatic carbocycles. The molecule has 1 heterocycles. The van der Waals surface area contributed by atoms with Gasteiger partial charge in [-0.3, -0.25) is 4.79 Å². The zero-order valence-electron chi connectivity index (χ0n) is 13.7. The maximum Gasteiger partial charge on any atom is 0.260 e. The first-order valence-corrected chi connectivity index (χ1v) is 7.55. The van der Waals surface area contributed by atoms with Gasteiger partial charge in [0.05, 0.1) is 7.11 Å². The quantitative estimate of drug-likeness (QED) is 0.815. The molecule has 3 rings (SSSR count). The fourth-order valence-electron chi connectivity index (χ4n) is 2.40. The summed E-state index contributed by atoms with van der Waals surface area (Å²) in [6.45, 7) is 0.609. The van der Waals surface area contributed by atoms with E-state index in [1.54, 1.807) is 37.3 Å². The molecule has 6 nitrogen and oxygen atoms in total. The van der Waals surface area contributed by atoms with Crippen molar-refractivity contribution in [3.8, 4) is 23.0 Å². The van der Waals surface area contributed by atoms with Crippen molar-refractivity contribution in [2.24, 2.45) is 0 Å². The molecule has 0 radical (unpaired) electrons. The van der Waals surface area contributed by atoms with Crippen LogP contribution >= 0.6 is 0 Å². The summed E-state index contributed by atoms with van der Waals surface area (Å²) in [5.41, 5.74) is 0.943. The van der Waals surface area contributed by atoms with E-state index in [-0.39, 0.29) is 19.3 Å². The first kappa shape index (κ1) is 16.0. The van der Waals surface area contributed by atoms with Crippen molar-refractivity contribution < 1.29 is 23.7 Å². The highest BCUT2D eigenvalue weighted by Gasteiger charge is 2.16. The molecule has 0 unspecified atom stereocenters. The molecule has 0 spiro atoms. The third-order valence-electron chi connectivity index (χ3n) is 3.73. The number of benzene rings is 2. The lowest BCUT2D eigenvalue weighted by atomic mass is 10.2. The minimum Gasteiger partial charge on any atom is -0.496 e. The number of para-hydroxylation sites is 1. The van der Waals surface area contributed by atoms with E-state index in [1.807, 2.05) is 24.3 Å². The Labute approximate surface area is 140 Å². The Morgan fingerprint density at radius 1 is 1.17 bits per heavy atom. The van der Waals surface area contributed by atoms with Gasteiger partial charge in [-0.1, -0.05) is 18.2 Å². The van der Waals surface area contributed by atoms with Crippen LogP contribution in [0.4, 0.5) is 0 Å². The Balaban J connectivity index is 1.56. The molecule has 0 saturated heterocycles. The molecular weight excluding hydrogens is 310 g/mol. The largest absolute Gasteiger partial charge is 0.496 e. The molecule has 1 amide bonds. The Morgan fingerprint density at radius 3 is 2.79 bits per heavy atom. The van der Waals surface area contributed by atoms with Gasteiger partial charge in [0.25, 0.3) is 5.91 Å². The second-order valence-corrected chi connectivity index (χ2v) is 5.37. The zero-order valence-corrected chi connectivity index (χ0v) is 13.7. The number of hydrogen-bond donors (Lipinski definition) is 0. The van der Waals surface area contributed by atoms with Gasteiger partial charge in [0.2, 0.25) is 6.79 Å². The third kappa shape index (κ3) is 3.53. The summed E-state index contributed by atoms with van der Waals surface area (Å²) in [5.74, 6) is 2.51. The normalized spacial score (nSPS) is 11.9. The number of likely N-dealkylation sites (N-methyl/N-ethyl adjacent to an activating group) is 1. The number of hydrogen-bond acceptors (Lipinski definition) is 5. The highest BCUT2D eigenvalue weighted by molar-refractivity contribution is 5.77. The maximum atomic E-state index is 12.3. The molecule has 0 aromatic heterocycles. The summed E-state index contributed by atoms with van der Waals surface area (Å²) in [5, 5.41) is 0. The van der Waals surface area contributed by atoms with Crippen molar-refractivity contribution in [3.05, 3.63) is 48.0 Å². The van der Waals surface area contributed by atoms with E-state index < -0.39 is 0 Å². The van der Waals surface area contributed by atoms with Gasteiger partial charge in [0.1, 0.15) is 11.5 Å². The van der Waals surface area contributed by atoms with Gasteiger partial charge in [-0.15, -0.1) is 0 Å². The van der Waals surface area contributed by atoms with Crippen molar-refractivity contribution in [1.29, 1.82) is 0 Å². The second-order valence-electron chi connectivity index (χ2n) is 5.37. The Kier molecular flexibility index (Phi) is 4.74. The number of nitrogens with zero attached hydrogens (tertiary/aromatic N) is 1. The van der Waals surface area contributed by atoms with Gasteiger partial charge < -0.3 is 23.8 Å². The van der Waals surface area contributed by atoms with E-state index >= 15 is 0 Å². The van der Waals surface area contributed by atoms with Gasteiger partial charge in [0.15, 0.2) is 18.1 Å². The van der Waals surface area contributed by atoms with Crippen molar-refractivity contribution >= 4 is 5.91 Å². The molecule has 0 aliphatic carbocycles. The van der Waals surface area contributed by atoms with Gasteiger partial charge in [-0.25, -0.2) is 0 Å². The van der Waals surface area contributed by atoms with Crippen LogP contribution in [0.25, 0.3) is 0 Å². The number of carbonyl (C=O) groups excluding carboxylic acids is 1. The summed E-state index contributed by atoms with van der Waals surface area (Å²) >= 11 is 0. The molecule has 1 aliphatic rings. The van der Waals surface area contributed by atoms with Crippen molar-refractivity contribution in [2.45, 2.75) is 6.54 Å². The molecule has 126 valence electrons. The van der Waals surface area contributed by atoms with Gasteiger partial charge >= 0.3 is 0 Å². The molecule has 0 N–H and O–H groups in total. The van der Waals surface area contributed by atoms with Crippen molar-refractivity contribution in [2.75, 3.05) is 27.6 Å². The highest BCUT2D eigenvalue weighted by atomic mass is 16.7. The summed E-state index contributed by atoms with van der Waals surface area (Å²) in [6, 6.07) is 12.8. The molecule has 0 fully saturated rings. The van der Waals surface area contributed by atoms with E-state index in [2.05, 4.69) is 0 Å². The summed E-state index contributed by atoms with van der Waals surface area (Å²) < 4.78 is 21.4. The van der Waals surface area contributed by atoms with E-state index in [4.69, 9.17) is 18.9 Å². The lowest BCUT2D eigenvalue weighted by Gasteiger charge is -2.19. The van der Waals surface area contributed by atoms with Crippen LogP contribution in [-0.4, -0.2) is 38.4 Å². The number of amides is 1. The lowest BCUT2D eigenvalue weighted by molar-refractivity contribution is -0.132. The first-order valence-electron chi connectivity index (χ1n) is 7.55. The number of rotatable bonds is 6. The maximum absolute atomic E-state index is 12.3. The number of carbonyl (C=O) groups is 1. The van der Waals surface area contributed by atoms with E-state index in [0.717, 1.165) is 11.3 Å².